The lowest BCUT2D eigenvalue weighted by Crippen LogP contribution is -2.25. The number of aryl methyl sites for hydroxylation is 1. The predicted molar refractivity (Wildman–Crippen MR) is 73.6 cm³/mol. The van der Waals surface area contributed by atoms with Crippen LogP contribution in [0.3, 0.4) is 0 Å². The van der Waals surface area contributed by atoms with E-state index < -0.39 is 0 Å². The van der Waals surface area contributed by atoms with Gasteiger partial charge in [0.1, 0.15) is 11.6 Å². The van der Waals surface area contributed by atoms with Crippen LogP contribution in [-0.4, -0.2) is 19.2 Å². The summed E-state index contributed by atoms with van der Waals surface area (Å²) in [5, 5.41) is 3.39. The molecular formula is C15H24FNO. The van der Waals surface area contributed by atoms with Crippen LogP contribution in [0, 0.1) is 12.7 Å². The summed E-state index contributed by atoms with van der Waals surface area (Å²) in [6.45, 7) is 7.79. The zero-order valence-electron chi connectivity index (χ0n) is 11.6. The normalized spacial score (nSPS) is 12.4. The van der Waals surface area contributed by atoms with Gasteiger partial charge in [-0.25, -0.2) is 4.39 Å². The number of nitrogens with one attached hydrogen (secondary N) is 1. The van der Waals surface area contributed by atoms with Crippen molar-refractivity contribution in [1.82, 2.24) is 5.32 Å². The predicted octanol–water partition coefficient (Wildman–Crippen LogP) is 3.68. The number of rotatable bonds is 8. The molecule has 1 atom stereocenters. The Kier molecular flexibility index (Phi) is 6.73. The summed E-state index contributed by atoms with van der Waals surface area (Å²) >= 11 is 0. The Morgan fingerprint density at radius 2 is 2.11 bits per heavy atom. The monoisotopic (exact) mass is 253 g/mol. The van der Waals surface area contributed by atoms with Gasteiger partial charge in [0, 0.05) is 6.04 Å². The largest absolute Gasteiger partial charge is 0.494 e. The summed E-state index contributed by atoms with van der Waals surface area (Å²) in [5.41, 5.74) is 0.633. The molecule has 0 amide bonds. The summed E-state index contributed by atoms with van der Waals surface area (Å²) < 4.78 is 18.6. The van der Waals surface area contributed by atoms with E-state index in [9.17, 15) is 4.39 Å². The van der Waals surface area contributed by atoms with Gasteiger partial charge >= 0.3 is 0 Å². The Balaban J connectivity index is 2.16. The Morgan fingerprint density at radius 3 is 2.78 bits per heavy atom. The molecular weight excluding hydrogens is 229 g/mol. The zero-order valence-corrected chi connectivity index (χ0v) is 11.6. The molecule has 3 heteroatoms. The smallest absolute Gasteiger partial charge is 0.126 e. The number of hydrogen-bond acceptors (Lipinski definition) is 2. The van der Waals surface area contributed by atoms with Crippen molar-refractivity contribution in [3.05, 3.63) is 29.6 Å². The van der Waals surface area contributed by atoms with Gasteiger partial charge in [0.15, 0.2) is 0 Å². The van der Waals surface area contributed by atoms with Gasteiger partial charge in [-0.05, 0) is 63.4 Å². The van der Waals surface area contributed by atoms with Gasteiger partial charge in [0.25, 0.3) is 0 Å². The Hall–Kier alpha value is -1.09. The summed E-state index contributed by atoms with van der Waals surface area (Å²) in [6.07, 6.45) is 3.35. The molecule has 0 saturated heterocycles. The Bertz CT molecular complexity index is 354. The molecule has 0 bridgehead atoms. The highest BCUT2D eigenvalue weighted by molar-refractivity contribution is 5.28. The van der Waals surface area contributed by atoms with Crippen molar-refractivity contribution in [2.24, 2.45) is 0 Å². The molecule has 0 heterocycles. The van der Waals surface area contributed by atoms with E-state index in [0.717, 1.165) is 25.1 Å². The summed E-state index contributed by atoms with van der Waals surface area (Å²) in [5.74, 6) is 0.579. The van der Waals surface area contributed by atoms with Crippen molar-refractivity contribution in [3.8, 4) is 5.75 Å². The van der Waals surface area contributed by atoms with Gasteiger partial charge in [-0.1, -0.05) is 6.92 Å². The van der Waals surface area contributed by atoms with Gasteiger partial charge in [-0.3, -0.25) is 0 Å². The van der Waals surface area contributed by atoms with Gasteiger partial charge in [0.05, 0.1) is 6.61 Å². The second-order valence-corrected chi connectivity index (χ2v) is 4.71. The van der Waals surface area contributed by atoms with E-state index in [1.54, 1.807) is 19.1 Å². The average Bonchev–Trinajstić information content (AvgIpc) is 2.33. The van der Waals surface area contributed by atoms with E-state index in [1.807, 2.05) is 0 Å². The number of ether oxygens (including phenoxy) is 1. The lowest BCUT2D eigenvalue weighted by molar-refractivity contribution is 0.301. The van der Waals surface area contributed by atoms with Crippen LogP contribution >= 0.6 is 0 Å². The highest BCUT2D eigenvalue weighted by Crippen LogP contribution is 2.16. The first kappa shape index (κ1) is 15.0. The molecule has 1 N–H and O–H groups in total. The lowest BCUT2D eigenvalue weighted by Gasteiger charge is -2.12. The molecule has 102 valence electrons. The highest BCUT2D eigenvalue weighted by Gasteiger charge is 2.01. The quantitative estimate of drug-likeness (QED) is 0.714. The van der Waals surface area contributed by atoms with E-state index in [1.165, 1.54) is 12.5 Å². The van der Waals surface area contributed by atoms with Gasteiger partial charge in [0.2, 0.25) is 0 Å². The highest BCUT2D eigenvalue weighted by atomic mass is 19.1. The van der Waals surface area contributed by atoms with Crippen molar-refractivity contribution in [1.29, 1.82) is 0 Å². The molecule has 0 saturated carbocycles. The molecule has 1 unspecified atom stereocenters. The molecule has 18 heavy (non-hydrogen) atoms. The van der Waals surface area contributed by atoms with Crippen LogP contribution in [-0.2, 0) is 0 Å². The first-order valence-corrected chi connectivity index (χ1v) is 6.75. The fourth-order valence-electron chi connectivity index (χ4n) is 1.90. The van der Waals surface area contributed by atoms with E-state index in [0.29, 0.717) is 18.2 Å². The maximum absolute atomic E-state index is 13.0. The maximum atomic E-state index is 13.0. The minimum absolute atomic E-state index is 0.179. The van der Waals surface area contributed by atoms with Crippen molar-refractivity contribution < 1.29 is 9.13 Å². The third-order valence-electron chi connectivity index (χ3n) is 2.98. The molecule has 0 radical (unpaired) electrons. The van der Waals surface area contributed by atoms with E-state index in [2.05, 4.69) is 19.2 Å². The molecule has 0 aliphatic carbocycles. The van der Waals surface area contributed by atoms with Crippen molar-refractivity contribution in [2.45, 2.75) is 46.1 Å². The van der Waals surface area contributed by atoms with E-state index in [4.69, 9.17) is 4.74 Å². The van der Waals surface area contributed by atoms with Crippen LogP contribution in [0.15, 0.2) is 18.2 Å². The number of halogens is 1. The summed E-state index contributed by atoms with van der Waals surface area (Å²) in [7, 11) is 0. The third-order valence-corrected chi connectivity index (χ3v) is 2.98. The molecule has 0 spiro atoms. The van der Waals surface area contributed by atoms with Gasteiger partial charge in [-0.2, -0.15) is 0 Å². The Morgan fingerprint density at radius 1 is 1.33 bits per heavy atom. The van der Waals surface area contributed by atoms with Crippen molar-refractivity contribution >= 4 is 0 Å². The standard InChI is InChI=1S/C15H24FNO/c1-4-17-13(3)7-5-6-10-18-14-8-9-15(16)12(2)11-14/h8-9,11,13,17H,4-7,10H2,1-3H3. The molecule has 2 nitrogen and oxygen atoms in total. The summed E-state index contributed by atoms with van der Waals surface area (Å²) in [6, 6.07) is 5.46. The van der Waals surface area contributed by atoms with E-state index in [-0.39, 0.29) is 5.82 Å². The van der Waals surface area contributed by atoms with Crippen LogP contribution < -0.4 is 10.1 Å². The molecule has 0 fully saturated rings. The number of hydrogen-bond donors (Lipinski definition) is 1. The minimum Gasteiger partial charge on any atom is -0.494 e. The number of unbranched alkanes of at least 4 members (excludes halogenated alkanes) is 1. The van der Waals surface area contributed by atoms with Crippen LogP contribution in [0.25, 0.3) is 0 Å². The first-order valence-electron chi connectivity index (χ1n) is 6.75. The fraction of sp³-hybridized carbons (Fsp3) is 0.600. The molecule has 1 rings (SSSR count). The van der Waals surface area contributed by atoms with Gasteiger partial charge < -0.3 is 10.1 Å². The lowest BCUT2D eigenvalue weighted by atomic mass is 10.1. The maximum Gasteiger partial charge on any atom is 0.126 e. The number of benzene rings is 1. The summed E-state index contributed by atoms with van der Waals surface area (Å²) in [4.78, 5) is 0. The fourth-order valence-corrected chi connectivity index (χ4v) is 1.90. The topological polar surface area (TPSA) is 21.3 Å². The third kappa shape index (κ3) is 5.50. The van der Waals surface area contributed by atoms with Crippen LogP contribution in [0.2, 0.25) is 0 Å². The molecule has 1 aromatic carbocycles. The first-order chi connectivity index (χ1) is 8.63. The average molecular weight is 253 g/mol. The SMILES string of the molecule is CCNC(C)CCCCOc1ccc(F)c(C)c1. The van der Waals surface area contributed by atoms with Crippen LogP contribution in [0.5, 0.6) is 5.75 Å². The van der Waals surface area contributed by atoms with Crippen molar-refractivity contribution in [3.63, 3.8) is 0 Å². The Labute approximate surface area is 110 Å². The molecule has 1 aromatic rings. The van der Waals surface area contributed by atoms with Gasteiger partial charge in [-0.15, -0.1) is 0 Å². The van der Waals surface area contributed by atoms with E-state index >= 15 is 0 Å². The van der Waals surface area contributed by atoms with Crippen molar-refractivity contribution in [2.75, 3.05) is 13.2 Å². The van der Waals surface area contributed by atoms with Crippen LogP contribution in [0.4, 0.5) is 4.39 Å². The zero-order chi connectivity index (χ0) is 13.4. The van der Waals surface area contributed by atoms with Crippen LogP contribution in [0.1, 0.15) is 38.7 Å². The second-order valence-electron chi connectivity index (χ2n) is 4.71. The molecule has 0 aliphatic rings. The minimum atomic E-state index is -0.179. The second kappa shape index (κ2) is 8.09. The molecule has 0 aromatic heterocycles. The molecule has 0 aliphatic heterocycles.